The molecule has 0 aromatic carbocycles. The fourth-order valence-electron chi connectivity index (χ4n) is 1.03. The molecule has 0 aliphatic rings. The first-order chi connectivity index (χ1) is 8.11. The summed E-state index contributed by atoms with van der Waals surface area (Å²) in [4.78, 5) is 22.9. The first-order valence-corrected chi connectivity index (χ1v) is 5.20. The smallest absolute Gasteiger partial charge is 0.332 e. The SMILES string of the molecule is CCCOc1cc(C)nc(NOCC(=O)O)n1. The number of ether oxygens (including phenoxy) is 1. The van der Waals surface area contributed by atoms with E-state index in [1.807, 2.05) is 6.92 Å². The van der Waals surface area contributed by atoms with Crippen LogP contribution in [0.15, 0.2) is 6.07 Å². The number of hydrogen-bond acceptors (Lipinski definition) is 6. The molecule has 0 saturated carbocycles. The monoisotopic (exact) mass is 241 g/mol. The van der Waals surface area contributed by atoms with Crippen molar-refractivity contribution in [1.29, 1.82) is 0 Å². The van der Waals surface area contributed by atoms with Crippen molar-refractivity contribution in [1.82, 2.24) is 9.97 Å². The van der Waals surface area contributed by atoms with E-state index in [9.17, 15) is 4.79 Å². The minimum absolute atomic E-state index is 0.178. The van der Waals surface area contributed by atoms with Crippen molar-refractivity contribution in [2.45, 2.75) is 20.3 Å². The summed E-state index contributed by atoms with van der Waals surface area (Å²) >= 11 is 0. The Morgan fingerprint density at radius 3 is 2.94 bits per heavy atom. The van der Waals surface area contributed by atoms with E-state index in [0.717, 1.165) is 6.42 Å². The van der Waals surface area contributed by atoms with Gasteiger partial charge in [-0.25, -0.2) is 15.3 Å². The van der Waals surface area contributed by atoms with Crippen LogP contribution >= 0.6 is 0 Å². The molecule has 0 bridgehead atoms. The maximum absolute atomic E-state index is 10.2. The van der Waals surface area contributed by atoms with Crippen LogP contribution in [-0.4, -0.2) is 34.3 Å². The molecule has 0 unspecified atom stereocenters. The molecule has 0 spiro atoms. The molecule has 17 heavy (non-hydrogen) atoms. The lowest BCUT2D eigenvalue weighted by atomic mass is 10.4. The van der Waals surface area contributed by atoms with Crippen LogP contribution in [0.25, 0.3) is 0 Å². The van der Waals surface area contributed by atoms with Crippen molar-refractivity contribution >= 4 is 11.9 Å². The maximum atomic E-state index is 10.2. The van der Waals surface area contributed by atoms with E-state index in [-0.39, 0.29) is 5.95 Å². The molecule has 7 heteroatoms. The summed E-state index contributed by atoms with van der Waals surface area (Å²) in [5, 5.41) is 8.39. The number of nitrogens with one attached hydrogen (secondary N) is 1. The first-order valence-electron chi connectivity index (χ1n) is 5.20. The number of aliphatic carboxylic acids is 1. The number of nitrogens with zero attached hydrogens (tertiary/aromatic N) is 2. The van der Waals surface area contributed by atoms with Crippen molar-refractivity contribution in [3.05, 3.63) is 11.8 Å². The van der Waals surface area contributed by atoms with Gasteiger partial charge >= 0.3 is 5.97 Å². The van der Waals surface area contributed by atoms with Crippen molar-refractivity contribution in [3.63, 3.8) is 0 Å². The van der Waals surface area contributed by atoms with E-state index in [1.54, 1.807) is 13.0 Å². The van der Waals surface area contributed by atoms with Crippen molar-refractivity contribution < 1.29 is 19.5 Å². The minimum atomic E-state index is -1.08. The third kappa shape index (κ3) is 5.12. The van der Waals surface area contributed by atoms with Gasteiger partial charge in [0.2, 0.25) is 5.88 Å². The molecule has 1 aromatic rings. The van der Waals surface area contributed by atoms with E-state index in [0.29, 0.717) is 18.2 Å². The number of rotatable bonds is 7. The Morgan fingerprint density at radius 1 is 1.53 bits per heavy atom. The van der Waals surface area contributed by atoms with Gasteiger partial charge in [-0.15, -0.1) is 0 Å². The van der Waals surface area contributed by atoms with Crippen molar-refractivity contribution in [2.24, 2.45) is 0 Å². The predicted octanol–water partition coefficient (Wildman–Crippen LogP) is 1.00. The number of anilines is 1. The van der Waals surface area contributed by atoms with Gasteiger partial charge in [-0.05, 0) is 13.3 Å². The number of carboxylic acid groups (broad SMARTS) is 1. The molecular weight excluding hydrogens is 226 g/mol. The van der Waals surface area contributed by atoms with Crippen LogP contribution < -0.4 is 10.2 Å². The summed E-state index contributed by atoms with van der Waals surface area (Å²) in [6, 6.07) is 1.69. The molecule has 7 nitrogen and oxygen atoms in total. The second-order valence-corrected chi connectivity index (χ2v) is 3.30. The van der Waals surface area contributed by atoms with Crippen LogP contribution in [0, 0.1) is 6.92 Å². The number of aromatic nitrogens is 2. The molecule has 1 heterocycles. The Morgan fingerprint density at radius 2 is 2.29 bits per heavy atom. The lowest BCUT2D eigenvalue weighted by molar-refractivity contribution is -0.141. The van der Waals surface area contributed by atoms with Crippen LogP contribution in [0.5, 0.6) is 5.88 Å². The Hall–Kier alpha value is -1.89. The van der Waals surface area contributed by atoms with E-state index >= 15 is 0 Å². The second-order valence-electron chi connectivity index (χ2n) is 3.30. The second kappa shape index (κ2) is 6.64. The number of carboxylic acids is 1. The molecule has 0 saturated heterocycles. The summed E-state index contributed by atoms with van der Waals surface area (Å²) in [7, 11) is 0. The molecule has 0 atom stereocenters. The van der Waals surface area contributed by atoms with Gasteiger partial charge in [-0.2, -0.15) is 4.98 Å². The average molecular weight is 241 g/mol. The number of carbonyl (C=O) groups is 1. The number of hydrogen-bond donors (Lipinski definition) is 2. The highest BCUT2D eigenvalue weighted by molar-refractivity contribution is 5.68. The maximum Gasteiger partial charge on any atom is 0.332 e. The molecule has 0 fully saturated rings. The zero-order valence-corrected chi connectivity index (χ0v) is 9.77. The van der Waals surface area contributed by atoms with Gasteiger partial charge in [0, 0.05) is 11.8 Å². The van der Waals surface area contributed by atoms with Gasteiger partial charge < -0.3 is 9.84 Å². The summed E-state index contributed by atoms with van der Waals surface area (Å²) < 4.78 is 5.34. The van der Waals surface area contributed by atoms with Crippen LogP contribution in [-0.2, 0) is 9.63 Å². The van der Waals surface area contributed by atoms with Gasteiger partial charge in [0.05, 0.1) is 6.61 Å². The molecule has 0 amide bonds. The lowest BCUT2D eigenvalue weighted by Crippen LogP contribution is -2.13. The Labute approximate surface area is 98.7 Å². The van der Waals surface area contributed by atoms with Crippen LogP contribution in [0.2, 0.25) is 0 Å². The minimum Gasteiger partial charge on any atom is -0.479 e. The quantitative estimate of drug-likeness (QED) is 0.688. The fraction of sp³-hybridized carbons (Fsp3) is 0.500. The normalized spacial score (nSPS) is 10.0. The van der Waals surface area contributed by atoms with Crippen LogP contribution in [0.1, 0.15) is 19.0 Å². The van der Waals surface area contributed by atoms with Crippen molar-refractivity contribution in [3.8, 4) is 5.88 Å². The lowest BCUT2D eigenvalue weighted by Gasteiger charge is -2.07. The molecule has 0 aliphatic heterocycles. The van der Waals surface area contributed by atoms with Crippen LogP contribution in [0.3, 0.4) is 0 Å². The molecule has 94 valence electrons. The highest BCUT2D eigenvalue weighted by atomic mass is 16.7. The number of aryl methyl sites for hydroxylation is 1. The standard InChI is InChI=1S/C10H15N3O4/c1-3-4-16-8-5-7(2)11-10(12-8)13-17-6-9(14)15/h5H,3-4,6H2,1-2H3,(H,14,15)(H,11,12,13). The molecule has 2 N–H and O–H groups in total. The third-order valence-electron chi connectivity index (χ3n) is 1.64. The van der Waals surface area contributed by atoms with Gasteiger partial charge in [-0.3, -0.25) is 4.84 Å². The largest absolute Gasteiger partial charge is 0.479 e. The molecule has 0 aliphatic carbocycles. The summed E-state index contributed by atoms with van der Waals surface area (Å²) in [5.74, 6) is -0.467. The predicted molar refractivity (Wildman–Crippen MR) is 59.8 cm³/mol. The average Bonchev–Trinajstić information content (AvgIpc) is 2.25. The van der Waals surface area contributed by atoms with Gasteiger partial charge in [0.25, 0.3) is 5.95 Å². The summed E-state index contributed by atoms with van der Waals surface area (Å²) in [6.07, 6.45) is 0.876. The van der Waals surface area contributed by atoms with Crippen LogP contribution in [0.4, 0.5) is 5.95 Å². The van der Waals surface area contributed by atoms with Gasteiger partial charge in [-0.1, -0.05) is 6.92 Å². The topological polar surface area (TPSA) is 93.6 Å². The Balaban J connectivity index is 2.58. The van der Waals surface area contributed by atoms with E-state index in [1.165, 1.54) is 0 Å². The zero-order chi connectivity index (χ0) is 12.7. The Bertz CT molecular complexity index is 384. The summed E-state index contributed by atoms with van der Waals surface area (Å²) in [5.41, 5.74) is 3.05. The third-order valence-corrected chi connectivity index (χ3v) is 1.64. The molecule has 0 radical (unpaired) electrons. The molecular formula is C10H15N3O4. The first kappa shape index (κ1) is 13.2. The highest BCUT2D eigenvalue weighted by Crippen LogP contribution is 2.12. The van der Waals surface area contributed by atoms with E-state index < -0.39 is 12.6 Å². The van der Waals surface area contributed by atoms with Crippen molar-refractivity contribution in [2.75, 3.05) is 18.7 Å². The molecule has 1 rings (SSSR count). The molecule has 1 aromatic heterocycles. The van der Waals surface area contributed by atoms with Gasteiger partial charge in [0.15, 0.2) is 6.61 Å². The van der Waals surface area contributed by atoms with E-state index in [4.69, 9.17) is 9.84 Å². The highest BCUT2D eigenvalue weighted by Gasteiger charge is 2.04. The fourth-order valence-corrected chi connectivity index (χ4v) is 1.03. The zero-order valence-electron chi connectivity index (χ0n) is 9.77. The van der Waals surface area contributed by atoms with Gasteiger partial charge in [0.1, 0.15) is 0 Å². The van der Waals surface area contributed by atoms with E-state index in [2.05, 4.69) is 20.3 Å². The summed E-state index contributed by atoms with van der Waals surface area (Å²) in [6.45, 7) is 3.86. The Kier molecular flexibility index (Phi) is 5.15.